The van der Waals surface area contributed by atoms with Gasteiger partial charge >= 0.3 is 0 Å². The van der Waals surface area contributed by atoms with Crippen LogP contribution in [0, 0.1) is 0 Å². The van der Waals surface area contributed by atoms with E-state index in [1.165, 1.54) is 32.1 Å². The van der Waals surface area contributed by atoms with Crippen molar-refractivity contribution in [3.63, 3.8) is 0 Å². The van der Waals surface area contributed by atoms with E-state index >= 15 is 0 Å². The Morgan fingerprint density at radius 1 is 0.837 bits per heavy atom. The van der Waals surface area contributed by atoms with Gasteiger partial charge in [-0.3, -0.25) is 10.1 Å². The highest BCUT2D eigenvalue weighted by atomic mass is 32.1. The number of carbonyl (C=O) groups excluding carboxylic acids is 1. The number of rotatable bonds is 15. The zero-order valence-electron chi connectivity index (χ0n) is 29.1. The SMILES string of the molecule is CCCCCCC1(Oc2ccc(C(=O)c3c(-c4ccc(OC(C)C)cc4)sc4cc(OCc5ccccc5)ccc34)cc2)CCCCCN1. The van der Waals surface area contributed by atoms with E-state index < -0.39 is 0 Å². The number of hydrogen-bond acceptors (Lipinski definition) is 6. The largest absolute Gasteiger partial charge is 0.491 e. The fourth-order valence-electron chi connectivity index (χ4n) is 6.64. The molecular weight excluding hydrogens is 627 g/mol. The highest BCUT2D eigenvalue weighted by molar-refractivity contribution is 7.22. The van der Waals surface area contributed by atoms with Crippen molar-refractivity contribution in [3.05, 3.63) is 114 Å². The topological polar surface area (TPSA) is 56.8 Å². The second-order valence-corrected chi connectivity index (χ2v) is 14.5. The number of fused-ring (bicyclic) bond motifs is 1. The minimum absolute atomic E-state index is 0.00451. The van der Waals surface area contributed by atoms with Gasteiger partial charge in [-0.15, -0.1) is 11.3 Å². The average molecular weight is 676 g/mol. The van der Waals surface area contributed by atoms with Gasteiger partial charge < -0.3 is 14.2 Å². The number of thiophene rings is 1. The fourth-order valence-corrected chi connectivity index (χ4v) is 7.88. The summed E-state index contributed by atoms with van der Waals surface area (Å²) < 4.78 is 19.8. The maximum atomic E-state index is 14.4. The summed E-state index contributed by atoms with van der Waals surface area (Å²) in [6.07, 6.45) is 10.5. The van der Waals surface area contributed by atoms with E-state index in [4.69, 9.17) is 14.2 Å². The maximum Gasteiger partial charge on any atom is 0.195 e. The number of nitrogens with one attached hydrogen (secondary N) is 1. The van der Waals surface area contributed by atoms with Gasteiger partial charge in [0.15, 0.2) is 11.5 Å². The Bertz CT molecular complexity index is 1790. The summed E-state index contributed by atoms with van der Waals surface area (Å²) in [5.41, 5.74) is 3.09. The van der Waals surface area contributed by atoms with Crippen molar-refractivity contribution >= 4 is 27.2 Å². The predicted molar refractivity (Wildman–Crippen MR) is 202 cm³/mol. The van der Waals surface area contributed by atoms with Crippen LogP contribution in [-0.4, -0.2) is 24.2 Å². The minimum atomic E-state index is -0.349. The molecule has 256 valence electrons. The molecule has 1 unspecified atom stereocenters. The van der Waals surface area contributed by atoms with Crippen molar-refractivity contribution in [1.82, 2.24) is 5.32 Å². The molecule has 6 heteroatoms. The number of carbonyl (C=O) groups is 1. The number of unbranched alkanes of at least 4 members (excludes halogenated alkanes) is 3. The third-order valence-corrected chi connectivity index (χ3v) is 10.4. The molecule has 5 nitrogen and oxygen atoms in total. The molecule has 6 rings (SSSR count). The van der Waals surface area contributed by atoms with Crippen LogP contribution in [0.15, 0.2) is 97.1 Å². The molecule has 1 saturated heterocycles. The molecule has 0 amide bonds. The number of ether oxygens (including phenoxy) is 3. The lowest BCUT2D eigenvalue weighted by molar-refractivity contribution is 0.0176. The van der Waals surface area contributed by atoms with Crippen molar-refractivity contribution in [3.8, 4) is 27.7 Å². The Kier molecular flexibility index (Phi) is 11.7. The van der Waals surface area contributed by atoms with Crippen LogP contribution in [0.1, 0.15) is 100 Å². The van der Waals surface area contributed by atoms with E-state index in [9.17, 15) is 4.79 Å². The van der Waals surface area contributed by atoms with E-state index in [0.29, 0.717) is 17.7 Å². The van der Waals surface area contributed by atoms with Crippen LogP contribution in [-0.2, 0) is 6.61 Å². The molecule has 2 heterocycles. The van der Waals surface area contributed by atoms with E-state index in [0.717, 1.165) is 75.6 Å². The molecule has 1 aliphatic rings. The minimum Gasteiger partial charge on any atom is -0.491 e. The normalized spacial score (nSPS) is 16.4. The second kappa shape index (κ2) is 16.5. The van der Waals surface area contributed by atoms with Crippen molar-refractivity contribution in [2.45, 2.75) is 97.0 Å². The third kappa shape index (κ3) is 8.92. The molecular formula is C43H49NO4S. The molecule has 0 bridgehead atoms. The average Bonchev–Trinajstić information content (AvgIpc) is 3.34. The summed E-state index contributed by atoms with van der Waals surface area (Å²) in [5, 5.41) is 4.68. The molecule has 1 N–H and O–H groups in total. The van der Waals surface area contributed by atoms with Crippen LogP contribution >= 0.6 is 11.3 Å². The summed E-state index contributed by atoms with van der Waals surface area (Å²) in [6.45, 7) is 7.74. The first-order valence-electron chi connectivity index (χ1n) is 18.0. The summed E-state index contributed by atoms with van der Waals surface area (Å²) in [5.74, 6) is 2.39. The van der Waals surface area contributed by atoms with Crippen LogP contribution < -0.4 is 19.5 Å². The van der Waals surface area contributed by atoms with E-state index in [1.54, 1.807) is 11.3 Å². The van der Waals surface area contributed by atoms with Crippen LogP contribution in [0.2, 0.25) is 0 Å². The van der Waals surface area contributed by atoms with Gasteiger partial charge in [-0.25, -0.2) is 0 Å². The first kappa shape index (κ1) is 34.7. The summed E-state index contributed by atoms with van der Waals surface area (Å²) in [4.78, 5) is 15.4. The van der Waals surface area contributed by atoms with E-state index in [1.807, 2.05) is 92.7 Å². The predicted octanol–water partition coefficient (Wildman–Crippen LogP) is 11.4. The van der Waals surface area contributed by atoms with Gasteiger partial charge in [0.05, 0.1) is 6.10 Å². The van der Waals surface area contributed by atoms with Crippen LogP contribution in [0.5, 0.6) is 17.2 Å². The first-order valence-corrected chi connectivity index (χ1v) is 18.8. The zero-order chi connectivity index (χ0) is 34.1. The van der Waals surface area contributed by atoms with Gasteiger partial charge in [-0.2, -0.15) is 0 Å². The molecule has 49 heavy (non-hydrogen) atoms. The molecule has 1 atom stereocenters. The highest BCUT2D eigenvalue weighted by Gasteiger charge is 2.32. The van der Waals surface area contributed by atoms with Gasteiger partial charge in [0.1, 0.15) is 23.9 Å². The Morgan fingerprint density at radius 3 is 2.35 bits per heavy atom. The monoisotopic (exact) mass is 675 g/mol. The zero-order valence-corrected chi connectivity index (χ0v) is 30.0. The highest BCUT2D eigenvalue weighted by Crippen LogP contribution is 2.42. The van der Waals surface area contributed by atoms with Gasteiger partial charge in [-0.1, -0.05) is 62.9 Å². The Morgan fingerprint density at radius 2 is 1.59 bits per heavy atom. The van der Waals surface area contributed by atoms with Gasteiger partial charge in [0, 0.05) is 38.9 Å². The Balaban J connectivity index is 1.28. The van der Waals surface area contributed by atoms with Crippen LogP contribution in [0.25, 0.3) is 20.5 Å². The van der Waals surface area contributed by atoms with Crippen LogP contribution in [0.4, 0.5) is 0 Å². The molecule has 1 aliphatic heterocycles. The molecule has 1 fully saturated rings. The number of hydrogen-bond donors (Lipinski definition) is 1. The lowest BCUT2D eigenvalue weighted by Gasteiger charge is -2.35. The standard InChI is InChI=1S/C43H49NO4S/c1-4-5-6-11-26-43(27-12-8-13-28-44-43)48-36-22-16-33(17-23-36)41(45)40-38-25-24-37(46-30-32-14-9-7-10-15-32)29-39(38)49-42(40)34-18-20-35(21-19-34)47-31(2)3/h7,9-10,14-25,29,31,44H,4-6,8,11-13,26-28,30H2,1-3H3. The van der Waals surface area contributed by atoms with E-state index in [-0.39, 0.29) is 17.6 Å². The summed E-state index contributed by atoms with van der Waals surface area (Å²) >= 11 is 1.62. The third-order valence-electron chi connectivity index (χ3n) is 9.19. The van der Waals surface area contributed by atoms with Crippen LogP contribution in [0.3, 0.4) is 0 Å². The molecule has 5 aromatic rings. The Hall–Kier alpha value is -4.13. The van der Waals surface area contributed by atoms with Crippen molar-refractivity contribution in [1.29, 1.82) is 0 Å². The van der Waals surface area contributed by atoms with Gasteiger partial charge in [0.2, 0.25) is 0 Å². The molecule has 0 spiro atoms. The number of ketones is 1. The van der Waals surface area contributed by atoms with E-state index in [2.05, 4.69) is 30.4 Å². The quantitative estimate of drug-likeness (QED) is 0.0884. The molecule has 1 aromatic heterocycles. The molecule has 4 aromatic carbocycles. The lowest BCUT2D eigenvalue weighted by Crippen LogP contribution is -2.49. The summed E-state index contributed by atoms with van der Waals surface area (Å²) in [7, 11) is 0. The lowest BCUT2D eigenvalue weighted by atomic mass is 9.97. The van der Waals surface area contributed by atoms with Crippen molar-refractivity contribution < 1.29 is 19.0 Å². The van der Waals surface area contributed by atoms with Gasteiger partial charge in [-0.05, 0) is 118 Å². The number of benzene rings is 4. The van der Waals surface area contributed by atoms with Gasteiger partial charge in [0.25, 0.3) is 0 Å². The molecule has 0 radical (unpaired) electrons. The smallest absolute Gasteiger partial charge is 0.195 e. The van der Waals surface area contributed by atoms with Crippen molar-refractivity contribution in [2.75, 3.05) is 6.54 Å². The summed E-state index contributed by atoms with van der Waals surface area (Å²) in [6, 6.07) is 32.0. The first-order chi connectivity index (χ1) is 23.9. The molecule has 0 saturated carbocycles. The maximum absolute atomic E-state index is 14.4. The second-order valence-electron chi connectivity index (χ2n) is 13.4. The Labute approximate surface area is 295 Å². The fraction of sp³-hybridized carbons (Fsp3) is 0.372. The van der Waals surface area contributed by atoms with Crippen molar-refractivity contribution in [2.24, 2.45) is 0 Å². The molecule has 0 aliphatic carbocycles.